The first-order chi connectivity index (χ1) is 8.63. The zero-order valence-corrected chi connectivity index (χ0v) is 10.2. The number of carboxylic acid groups (broad SMARTS) is 1. The number of para-hydroxylation sites is 1. The summed E-state index contributed by atoms with van der Waals surface area (Å²) < 4.78 is 5.49. The molecule has 0 bridgehead atoms. The van der Waals surface area contributed by atoms with Gasteiger partial charge in [0.2, 0.25) is 0 Å². The van der Waals surface area contributed by atoms with E-state index >= 15 is 0 Å². The number of hydrogen-bond donors (Lipinski definition) is 2. The van der Waals surface area contributed by atoms with Crippen molar-refractivity contribution in [1.29, 1.82) is 0 Å². The Hall–Kier alpha value is -2.30. The molecule has 18 heavy (non-hydrogen) atoms. The predicted octanol–water partition coefficient (Wildman–Crippen LogP) is 2.48. The number of carbonyl (C=O) groups is 1. The summed E-state index contributed by atoms with van der Waals surface area (Å²) in [5.74, 6) is 0.156. The van der Waals surface area contributed by atoms with E-state index in [0.717, 1.165) is 5.56 Å². The number of nitrogens with one attached hydrogen (secondary N) is 1. The van der Waals surface area contributed by atoms with Gasteiger partial charge in [0.15, 0.2) is 5.69 Å². The van der Waals surface area contributed by atoms with E-state index in [1.807, 2.05) is 31.2 Å². The Morgan fingerprint density at radius 3 is 2.78 bits per heavy atom. The summed E-state index contributed by atoms with van der Waals surface area (Å²) in [6.07, 6.45) is 0. The number of ether oxygens (including phenoxy) is 1. The molecule has 2 rings (SSSR count). The van der Waals surface area contributed by atoms with E-state index in [4.69, 9.17) is 9.84 Å². The molecule has 0 aliphatic carbocycles. The number of rotatable bonds is 4. The van der Waals surface area contributed by atoms with Crippen molar-refractivity contribution in [2.24, 2.45) is 0 Å². The second-order valence-electron chi connectivity index (χ2n) is 3.79. The lowest BCUT2D eigenvalue weighted by molar-refractivity contribution is 0.0690. The molecule has 0 saturated heterocycles. The van der Waals surface area contributed by atoms with Crippen molar-refractivity contribution in [1.82, 2.24) is 9.97 Å². The molecule has 0 unspecified atom stereocenters. The van der Waals surface area contributed by atoms with Crippen molar-refractivity contribution in [2.75, 3.05) is 6.61 Å². The van der Waals surface area contributed by atoms with Crippen molar-refractivity contribution in [3.63, 3.8) is 0 Å². The lowest BCUT2D eigenvalue weighted by Crippen LogP contribution is -1.98. The van der Waals surface area contributed by atoms with Crippen LogP contribution < -0.4 is 4.74 Å². The van der Waals surface area contributed by atoms with E-state index in [1.165, 1.54) is 0 Å². The van der Waals surface area contributed by atoms with E-state index in [1.54, 1.807) is 6.92 Å². The van der Waals surface area contributed by atoms with Crippen molar-refractivity contribution in [2.45, 2.75) is 13.8 Å². The highest BCUT2D eigenvalue weighted by Gasteiger charge is 2.16. The van der Waals surface area contributed by atoms with Crippen LogP contribution in [0.5, 0.6) is 5.75 Å². The number of nitrogens with zero attached hydrogens (tertiary/aromatic N) is 1. The smallest absolute Gasteiger partial charge is 0.356 e. The second-order valence-corrected chi connectivity index (χ2v) is 3.79. The summed E-state index contributed by atoms with van der Waals surface area (Å²) in [6.45, 7) is 4.12. The average Bonchev–Trinajstić information content (AvgIpc) is 2.72. The van der Waals surface area contributed by atoms with Gasteiger partial charge in [-0.25, -0.2) is 9.78 Å². The van der Waals surface area contributed by atoms with Gasteiger partial charge in [0.05, 0.1) is 12.2 Å². The number of hydrogen-bond acceptors (Lipinski definition) is 3. The summed E-state index contributed by atoms with van der Waals surface area (Å²) in [6, 6.07) is 7.39. The zero-order chi connectivity index (χ0) is 13.1. The van der Waals surface area contributed by atoms with Crippen LogP contribution in [0.4, 0.5) is 0 Å². The second kappa shape index (κ2) is 4.91. The first-order valence-electron chi connectivity index (χ1n) is 5.65. The zero-order valence-electron chi connectivity index (χ0n) is 10.2. The maximum atomic E-state index is 11.0. The van der Waals surface area contributed by atoms with Crippen LogP contribution in [0.15, 0.2) is 24.3 Å². The van der Waals surface area contributed by atoms with E-state index in [2.05, 4.69) is 9.97 Å². The highest BCUT2D eigenvalue weighted by molar-refractivity contribution is 5.87. The van der Waals surface area contributed by atoms with Crippen molar-refractivity contribution < 1.29 is 14.6 Å². The van der Waals surface area contributed by atoms with Crippen LogP contribution in [0.1, 0.15) is 23.1 Å². The van der Waals surface area contributed by atoms with Gasteiger partial charge in [0, 0.05) is 5.69 Å². The normalized spacial score (nSPS) is 10.3. The van der Waals surface area contributed by atoms with E-state index in [9.17, 15) is 4.79 Å². The van der Waals surface area contributed by atoms with Crippen LogP contribution in [-0.4, -0.2) is 27.7 Å². The van der Waals surface area contributed by atoms with Crippen LogP contribution >= 0.6 is 0 Å². The molecule has 5 nitrogen and oxygen atoms in total. The van der Waals surface area contributed by atoms with E-state index in [0.29, 0.717) is 23.9 Å². The number of imidazole rings is 1. The van der Waals surface area contributed by atoms with Crippen LogP contribution in [0, 0.1) is 6.92 Å². The van der Waals surface area contributed by atoms with Crippen LogP contribution in [-0.2, 0) is 0 Å². The minimum absolute atomic E-state index is 0.0382. The number of aromatic carboxylic acids is 1. The third kappa shape index (κ3) is 2.20. The molecule has 0 atom stereocenters. The molecule has 0 fully saturated rings. The highest BCUT2D eigenvalue weighted by Crippen LogP contribution is 2.28. The summed E-state index contributed by atoms with van der Waals surface area (Å²) in [7, 11) is 0. The molecule has 0 aliphatic heterocycles. The fourth-order valence-electron chi connectivity index (χ4n) is 1.74. The van der Waals surface area contributed by atoms with Crippen molar-refractivity contribution in [3.8, 4) is 17.1 Å². The number of aromatic amines is 1. The number of carboxylic acids is 1. The summed E-state index contributed by atoms with van der Waals surface area (Å²) in [4.78, 5) is 18.0. The number of H-pyrrole nitrogens is 1. The molecule has 0 saturated carbocycles. The van der Waals surface area contributed by atoms with Crippen LogP contribution in [0.25, 0.3) is 11.4 Å². The van der Waals surface area contributed by atoms with Gasteiger partial charge in [-0.15, -0.1) is 0 Å². The maximum absolute atomic E-state index is 11.0. The number of aryl methyl sites for hydroxylation is 1. The molecule has 1 heterocycles. The lowest BCUT2D eigenvalue weighted by atomic mass is 10.2. The van der Waals surface area contributed by atoms with Gasteiger partial charge >= 0.3 is 5.97 Å². The molecule has 0 radical (unpaired) electrons. The summed E-state index contributed by atoms with van der Waals surface area (Å²) >= 11 is 0. The molecular formula is C13H14N2O3. The fraction of sp³-hybridized carbons (Fsp3) is 0.231. The Bertz CT molecular complexity index is 575. The molecule has 2 N–H and O–H groups in total. The molecule has 2 aromatic rings. The molecule has 0 aliphatic rings. The number of aromatic nitrogens is 2. The quantitative estimate of drug-likeness (QED) is 0.869. The fourth-order valence-corrected chi connectivity index (χ4v) is 1.74. The van der Waals surface area contributed by atoms with Crippen molar-refractivity contribution >= 4 is 5.97 Å². The molecule has 5 heteroatoms. The van der Waals surface area contributed by atoms with Gasteiger partial charge in [0.25, 0.3) is 0 Å². The molecule has 94 valence electrons. The van der Waals surface area contributed by atoms with E-state index in [-0.39, 0.29) is 5.69 Å². The van der Waals surface area contributed by atoms with Gasteiger partial charge in [0.1, 0.15) is 11.6 Å². The largest absolute Gasteiger partial charge is 0.493 e. The Morgan fingerprint density at radius 2 is 2.17 bits per heavy atom. The standard InChI is InChI=1S/C13H14N2O3/c1-3-18-10-7-5-4-6-9(10)12-14-8(2)11(15-12)13(16)17/h4-7H,3H2,1-2H3,(H,14,15)(H,16,17). The third-order valence-corrected chi connectivity index (χ3v) is 2.53. The minimum atomic E-state index is -1.04. The van der Waals surface area contributed by atoms with Crippen LogP contribution in [0.2, 0.25) is 0 Å². The highest BCUT2D eigenvalue weighted by atomic mass is 16.5. The summed E-state index contributed by atoms with van der Waals surface area (Å²) in [5.41, 5.74) is 1.33. The first-order valence-corrected chi connectivity index (χ1v) is 5.65. The topological polar surface area (TPSA) is 75.2 Å². The molecule has 1 aromatic carbocycles. The molecule has 0 amide bonds. The predicted molar refractivity (Wildman–Crippen MR) is 66.9 cm³/mol. The van der Waals surface area contributed by atoms with Gasteiger partial charge in [-0.1, -0.05) is 12.1 Å². The van der Waals surface area contributed by atoms with Crippen molar-refractivity contribution in [3.05, 3.63) is 35.7 Å². The van der Waals surface area contributed by atoms with Crippen LogP contribution in [0.3, 0.4) is 0 Å². The lowest BCUT2D eigenvalue weighted by Gasteiger charge is -2.07. The van der Waals surface area contributed by atoms with Gasteiger partial charge in [-0.05, 0) is 26.0 Å². The Morgan fingerprint density at radius 1 is 1.44 bits per heavy atom. The number of benzene rings is 1. The van der Waals surface area contributed by atoms with Gasteiger partial charge < -0.3 is 14.8 Å². The van der Waals surface area contributed by atoms with Gasteiger partial charge in [-0.3, -0.25) is 0 Å². The monoisotopic (exact) mass is 246 g/mol. The molecule has 0 spiro atoms. The minimum Gasteiger partial charge on any atom is -0.493 e. The first kappa shape index (κ1) is 12.2. The molecule has 1 aromatic heterocycles. The molecular weight excluding hydrogens is 232 g/mol. The van der Waals surface area contributed by atoms with E-state index < -0.39 is 5.97 Å². The summed E-state index contributed by atoms with van der Waals surface area (Å²) in [5, 5.41) is 8.98. The average molecular weight is 246 g/mol. The third-order valence-electron chi connectivity index (χ3n) is 2.53. The van der Waals surface area contributed by atoms with Gasteiger partial charge in [-0.2, -0.15) is 0 Å². The Labute approximate surface area is 104 Å². The Kier molecular flexibility index (Phi) is 3.32. The Balaban J connectivity index is 2.48. The maximum Gasteiger partial charge on any atom is 0.356 e. The SMILES string of the molecule is CCOc1ccccc1-c1nc(C(=O)O)c(C)[nH]1.